The van der Waals surface area contributed by atoms with Gasteiger partial charge in [0.05, 0.1) is 18.7 Å². The highest BCUT2D eigenvalue weighted by Crippen LogP contribution is 2.19. The first-order valence-electron chi connectivity index (χ1n) is 6.54. The van der Waals surface area contributed by atoms with Crippen LogP contribution in [-0.2, 0) is 29.1 Å². The first-order valence-corrected chi connectivity index (χ1v) is 7.36. The summed E-state index contributed by atoms with van der Waals surface area (Å²) in [7, 11) is 1.61. The van der Waals surface area contributed by atoms with Crippen molar-refractivity contribution >= 4 is 17.2 Å². The van der Waals surface area contributed by atoms with Gasteiger partial charge < -0.3 is 10.1 Å². The molecule has 1 heterocycles. The molecular weight excluding hydrogens is 291 g/mol. The number of thiazole rings is 1. The minimum Gasteiger partial charge on any atom is -0.378 e. The van der Waals surface area contributed by atoms with Gasteiger partial charge in [-0.3, -0.25) is 4.79 Å². The predicted octanol–water partition coefficient (Wildman–Crippen LogP) is 2.60. The van der Waals surface area contributed by atoms with Gasteiger partial charge >= 0.3 is 0 Å². The van der Waals surface area contributed by atoms with Crippen molar-refractivity contribution in [2.45, 2.75) is 26.5 Å². The number of aromatic nitrogens is 1. The molecule has 0 bridgehead atoms. The second-order valence-electron chi connectivity index (χ2n) is 4.59. The first kappa shape index (κ1) is 15.6. The minimum atomic E-state index is -0.311. The van der Waals surface area contributed by atoms with Crippen molar-refractivity contribution < 1.29 is 13.9 Å². The summed E-state index contributed by atoms with van der Waals surface area (Å²) < 4.78 is 18.5. The molecule has 1 amide bonds. The average Bonchev–Trinajstić information content (AvgIpc) is 2.78. The summed E-state index contributed by atoms with van der Waals surface area (Å²) in [4.78, 5) is 17.2. The van der Waals surface area contributed by atoms with Gasteiger partial charge in [0.2, 0.25) is 5.91 Å². The quantitative estimate of drug-likeness (QED) is 0.892. The van der Waals surface area contributed by atoms with E-state index in [0.717, 1.165) is 15.6 Å². The van der Waals surface area contributed by atoms with E-state index in [1.165, 1.54) is 17.4 Å². The van der Waals surface area contributed by atoms with Crippen LogP contribution in [-0.4, -0.2) is 18.0 Å². The van der Waals surface area contributed by atoms with Gasteiger partial charge in [0.1, 0.15) is 10.8 Å². The molecule has 0 aliphatic heterocycles. The molecule has 1 aromatic carbocycles. The summed E-state index contributed by atoms with van der Waals surface area (Å²) in [5.74, 6) is -0.455. The predicted molar refractivity (Wildman–Crippen MR) is 79.5 cm³/mol. The summed E-state index contributed by atoms with van der Waals surface area (Å²) in [5.41, 5.74) is 1.32. The van der Waals surface area contributed by atoms with Crippen LogP contribution in [0.25, 0.3) is 0 Å². The lowest BCUT2D eigenvalue weighted by Crippen LogP contribution is -2.24. The van der Waals surface area contributed by atoms with Gasteiger partial charge in [-0.15, -0.1) is 11.3 Å². The van der Waals surface area contributed by atoms with E-state index in [1.54, 1.807) is 25.3 Å². The SMILES string of the molecule is COCc1nc(C)c(CC(=O)NCc2ccccc2F)s1. The lowest BCUT2D eigenvalue weighted by Gasteiger charge is -2.05. The Kier molecular flexibility index (Phi) is 5.41. The molecule has 0 fully saturated rings. The van der Waals surface area contributed by atoms with Crippen LogP contribution < -0.4 is 5.32 Å². The summed E-state index contributed by atoms with van der Waals surface area (Å²) in [6, 6.07) is 6.41. The summed E-state index contributed by atoms with van der Waals surface area (Å²) >= 11 is 1.47. The molecule has 0 aliphatic rings. The minimum absolute atomic E-state index is 0.144. The molecule has 2 rings (SSSR count). The number of aryl methyl sites for hydroxylation is 1. The number of amides is 1. The molecule has 21 heavy (non-hydrogen) atoms. The van der Waals surface area contributed by atoms with Crippen molar-refractivity contribution in [1.82, 2.24) is 10.3 Å². The average molecular weight is 308 g/mol. The summed E-state index contributed by atoms with van der Waals surface area (Å²) in [5, 5.41) is 3.58. The molecule has 0 radical (unpaired) electrons. The first-order chi connectivity index (χ1) is 10.1. The zero-order chi connectivity index (χ0) is 15.2. The molecule has 0 saturated heterocycles. The number of nitrogens with zero attached hydrogens (tertiary/aromatic N) is 1. The smallest absolute Gasteiger partial charge is 0.225 e. The largest absolute Gasteiger partial charge is 0.378 e. The standard InChI is InChI=1S/C15H17FN2O2S/c1-10-13(21-15(18-10)9-20-2)7-14(19)17-8-11-5-3-4-6-12(11)16/h3-6H,7-9H2,1-2H3,(H,17,19). The molecule has 2 aromatic rings. The van der Waals surface area contributed by atoms with Crippen molar-refractivity contribution in [2.24, 2.45) is 0 Å². The number of hydrogen-bond acceptors (Lipinski definition) is 4. The highest BCUT2D eigenvalue weighted by atomic mass is 32.1. The third kappa shape index (κ3) is 4.34. The fraction of sp³-hybridized carbons (Fsp3) is 0.333. The highest BCUT2D eigenvalue weighted by Gasteiger charge is 2.12. The maximum Gasteiger partial charge on any atom is 0.225 e. The van der Waals surface area contributed by atoms with Gasteiger partial charge in [0.15, 0.2) is 0 Å². The molecule has 0 aliphatic carbocycles. The Bertz CT molecular complexity index is 628. The number of hydrogen-bond donors (Lipinski definition) is 1. The van der Waals surface area contributed by atoms with E-state index in [1.807, 2.05) is 6.92 Å². The van der Waals surface area contributed by atoms with E-state index in [9.17, 15) is 9.18 Å². The second-order valence-corrected chi connectivity index (χ2v) is 5.76. The topological polar surface area (TPSA) is 51.2 Å². The lowest BCUT2D eigenvalue weighted by atomic mass is 10.2. The van der Waals surface area contributed by atoms with Crippen molar-refractivity contribution in [2.75, 3.05) is 7.11 Å². The van der Waals surface area contributed by atoms with Crippen LogP contribution in [0.15, 0.2) is 24.3 Å². The van der Waals surface area contributed by atoms with Crippen LogP contribution in [0.3, 0.4) is 0 Å². The zero-order valence-electron chi connectivity index (χ0n) is 12.0. The monoisotopic (exact) mass is 308 g/mol. The number of ether oxygens (including phenoxy) is 1. The Morgan fingerprint density at radius 2 is 2.19 bits per heavy atom. The third-order valence-corrected chi connectivity index (χ3v) is 4.09. The lowest BCUT2D eigenvalue weighted by molar-refractivity contribution is -0.120. The number of carbonyl (C=O) groups is 1. The fourth-order valence-electron chi connectivity index (χ4n) is 1.88. The van der Waals surface area contributed by atoms with Gasteiger partial charge in [-0.1, -0.05) is 18.2 Å². The number of benzene rings is 1. The second kappa shape index (κ2) is 7.28. The number of halogens is 1. The Labute approximate surface area is 127 Å². The van der Waals surface area contributed by atoms with Crippen molar-refractivity contribution in [3.8, 4) is 0 Å². The van der Waals surface area contributed by atoms with E-state index in [0.29, 0.717) is 12.2 Å². The molecule has 112 valence electrons. The van der Waals surface area contributed by atoms with Gasteiger partial charge in [0, 0.05) is 24.1 Å². The van der Waals surface area contributed by atoms with Crippen molar-refractivity contribution in [1.29, 1.82) is 0 Å². The third-order valence-electron chi connectivity index (χ3n) is 2.96. The van der Waals surface area contributed by atoms with Crippen LogP contribution in [0.2, 0.25) is 0 Å². The van der Waals surface area contributed by atoms with Crippen molar-refractivity contribution in [3.05, 3.63) is 51.2 Å². The van der Waals surface area contributed by atoms with E-state index in [4.69, 9.17) is 4.74 Å². The normalized spacial score (nSPS) is 10.6. The molecule has 0 unspecified atom stereocenters. The Hall–Kier alpha value is -1.79. The van der Waals surface area contributed by atoms with Gasteiger partial charge in [-0.05, 0) is 13.0 Å². The van der Waals surface area contributed by atoms with Crippen LogP contribution in [0.5, 0.6) is 0 Å². The number of nitrogens with one attached hydrogen (secondary N) is 1. The molecule has 1 N–H and O–H groups in total. The maximum absolute atomic E-state index is 13.4. The van der Waals surface area contributed by atoms with Crippen LogP contribution in [0, 0.1) is 12.7 Å². The molecule has 0 saturated carbocycles. The van der Waals surface area contributed by atoms with Gasteiger partial charge in [-0.25, -0.2) is 9.37 Å². The molecular formula is C15H17FN2O2S. The Morgan fingerprint density at radius 3 is 2.90 bits per heavy atom. The Balaban J connectivity index is 1.91. The Morgan fingerprint density at radius 1 is 1.43 bits per heavy atom. The van der Waals surface area contributed by atoms with Crippen LogP contribution in [0.4, 0.5) is 4.39 Å². The van der Waals surface area contributed by atoms with Crippen molar-refractivity contribution in [3.63, 3.8) is 0 Å². The van der Waals surface area contributed by atoms with E-state index < -0.39 is 0 Å². The maximum atomic E-state index is 13.4. The summed E-state index contributed by atoms with van der Waals surface area (Å²) in [6.07, 6.45) is 0.252. The summed E-state index contributed by atoms with van der Waals surface area (Å²) in [6.45, 7) is 2.51. The van der Waals surface area contributed by atoms with Crippen LogP contribution in [0.1, 0.15) is 21.1 Å². The van der Waals surface area contributed by atoms with Gasteiger partial charge in [0.25, 0.3) is 0 Å². The number of rotatable bonds is 6. The molecule has 1 aromatic heterocycles. The molecule has 4 nitrogen and oxygen atoms in total. The highest BCUT2D eigenvalue weighted by molar-refractivity contribution is 7.11. The molecule has 0 spiro atoms. The van der Waals surface area contributed by atoms with E-state index in [2.05, 4.69) is 10.3 Å². The van der Waals surface area contributed by atoms with Gasteiger partial charge in [-0.2, -0.15) is 0 Å². The van der Waals surface area contributed by atoms with E-state index >= 15 is 0 Å². The van der Waals surface area contributed by atoms with Crippen LogP contribution >= 0.6 is 11.3 Å². The molecule has 0 atom stereocenters. The molecule has 6 heteroatoms. The van der Waals surface area contributed by atoms with E-state index in [-0.39, 0.29) is 24.7 Å². The fourth-order valence-corrected chi connectivity index (χ4v) is 2.92. The zero-order valence-corrected chi connectivity index (χ0v) is 12.8. The number of methoxy groups -OCH3 is 1. The number of carbonyl (C=O) groups excluding carboxylic acids is 1.